The van der Waals surface area contributed by atoms with Gasteiger partial charge in [0.15, 0.2) is 0 Å². The fourth-order valence-corrected chi connectivity index (χ4v) is 2.51. The molecule has 2 aromatic rings. The van der Waals surface area contributed by atoms with E-state index in [9.17, 15) is 0 Å². The normalized spacial score (nSPS) is 10.3. The van der Waals surface area contributed by atoms with Crippen molar-refractivity contribution in [1.29, 1.82) is 0 Å². The van der Waals surface area contributed by atoms with Gasteiger partial charge in [0.2, 0.25) is 0 Å². The number of hydrogen-bond donors (Lipinski definition) is 2. The average Bonchev–Trinajstić information content (AvgIpc) is 2.66. The van der Waals surface area contributed by atoms with Crippen LogP contribution in [0.2, 0.25) is 0 Å². The quantitative estimate of drug-likeness (QED) is 0.522. The summed E-state index contributed by atoms with van der Waals surface area (Å²) in [7, 11) is 1.68. The molecule has 0 aliphatic heterocycles. The lowest BCUT2D eigenvalue weighted by molar-refractivity contribution is 0.305. The Hall–Kier alpha value is -2.36. The Kier molecular flexibility index (Phi) is 8.53. The van der Waals surface area contributed by atoms with Crippen molar-refractivity contribution in [3.63, 3.8) is 0 Å². The summed E-state index contributed by atoms with van der Waals surface area (Å²) in [5.74, 6) is 1.81. The third-order valence-electron chi connectivity index (χ3n) is 3.99. The molecule has 0 aliphatic carbocycles. The van der Waals surface area contributed by atoms with Crippen molar-refractivity contribution in [2.45, 2.75) is 32.6 Å². The molecule has 0 heterocycles. The molecular formula is C21H30N2O2. The Bertz CT molecular complexity index is 582. The van der Waals surface area contributed by atoms with Crippen LogP contribution in [0.15, 0.2) is 48.5 Å². The molecule has 0 saturated carbocycles. The van der Waals surface area contributed by atoms with Crippen molar-refractivity contribution >= 4 is 11.4 Å². The number of anilines is 2. The zero-order valence-electron chi connectivity index (χ0n) is 15.4. The number of methoxy groups -OCH3 is 1. The highest BCUT2D eigenvalue weighted by atomic mass is 16.5. The van der Waals surface area contributed by atoms with E-state index in [0.29, 0.717) is 0 Å². The molecule has 0 aliphatic rings. The van der Waals surface area contributed by atoms with E-state index >= 15 is 0 Å². The maximum atomic E-state index is 5.76. The Morgan fingerprint density at radius 3 is 1.80 bits per heavy atom. The summed E-state index contributed by atoms with van der Waals surface area (Å²) in [6.07, 6.45) is 4.92. The molecule has 0 radical (unpaired) electrons. The molecule has 0 amide bonds. The number of benzene rings is 2. The van der Waals surface area contributed by atoms with E-state index in [4.69, 9.17) is 9.47 Å². The summed E-state index contributed by atoms with van der Waals surface area (Å²) in [4.78, 5) is 0. The Balaban J connectivity index is 1.62. The summed E-state index contributed by atoms with van der Waals surface area (Å²) < 4.78 is 10.9. The lowest BCUT2D eigenvalue weighted by atomic mass is 10.2. The fraction of sp³-hybridized carbons (Fsp3) is 0.429. The molecular weight excluding hydrogens is 312 g/mol. The summed E-state index contributed by atoms with van der Waals surface area (Å²) in [6.45, 7) is 4.73. The van der Waals surface area contributed by atoms with Crippen LogP contribution >= 0.6 is 0 Å². The third-order valence-corrected chi connectivity index (χ3v) is 3.99. The van der Waals surface area contributed by atoms with E-state index in [2.05, 4.69) is 29.7 Å². The van der Waals surface area contributed by atoms with Crippen LogP contribution in [-0.4, -0.2) is 26.8 Å². The molecule has 25 heavy (non-hydrogen) atoms. The van der Waals surface area contributed by atoms with Gasteiger partial charge in [-0.25, -0.2) is 0 Å². The summed E-state index contributed by atoms with van der Waals surface area (Å²) in [5, 5.41) is 6.79. The van der Waals surface area contributed by atoms with Crippen LogP contribution in [0.4, 0.5) is 11.4 Å². The fourth-order valence-electron chi connectivity index (χ4n) is 2.51. The molecule has 2 N–H and O–H groups in total. The predicted octanol–water partition coefficient (Wildman–Crippen LogP) is 5.18. The molecule has 0 bridgehead atoms. The predicted molar refractivity (Wildman–Crippen MR) is 106 cm³/mol. The van der Waals surface area contributed by atoms with Gasteiger partial charge in [0, 0.05) is 24.5 Å². The van der Waals surface area contributed by atoms with Crippen LogP contribution in [0.3, 0.4) is 0 Å². The maximum Gasteiger partial charge on any atom is 0.119 e. The summed E-state index contributed by atoms with van der Waals surface area (Å²) in [5.41, 5.74) is 2.20. The zero-order valence-corrected chi connectivity index (χ0v) is 15.4. The first-order valence-corrected chi connectivity index (χ1v) is 9.16. The number of ether oxygens (including phenoxy) is 2. The molecule has 2 rings (SSSR count). The first kappa shape index (κ1) is 19.0. The van der Waals surface area contributed by atoms with E-state index < -0.39 is 0 Å². The van der Waals surface area contributed by atoms with Gasteiger partial charge in [0.25, 0.3) is 0 Å². The molecule has 0 fully saturated rings. The van der Waals surface area contributed by atoms with E-state index in [0.717, 1.165) is 49.0 Å². The summed E-state index contributed by atoms with van der Waals surface area (Å²) >= 11 is 0. The molecule has 0 atom stereocenters. The molecule has 2 aromatic carbocycles. The molecule has 0 saturated heterocycles. The van der Waals surface area contributed by atoms with E-state index in [1.54, 1.807) is 7.11 Å². The highest BCUT2D eigenvalue weighted by Crippen LogP contribution is 2.17. The Morgan fingerprint density at radius 1 is 0.720 bits per heavy atom. The second-order valence-corrected chi connectivity index (χ2v) is 6.02. The Morgan fingerprint density at radius 2 is 1.28 bits per heavy atom. The van der Waals surface area contributed by atoms with Gasteiger partial charge in [0.05, 0.1) is 13.7 Å². The first-order chi connectivity index (χ1) is 12.3. The molecule has 0 aromatic heterocycles. The largest absolute Gasteiger partial charge is 0.497 e. The number of hydrogen-bond acceptors (Lipinski definition) is 4. The van der Waals surface area contributed by atoms with Crippen molar-refractivity contribution < 1.29 is 9.47 Å². The van der Waals surface area contributed by atoms with Gasteiger partial charge in [-0.05, 0) is 55.0 Å². The van der Waals surface area contributed by atoms with Crippen LogP contribution in [0.5, 0.6) is 11.5 Å². The van der Waals surface area contributed by atoms with E-state index in [-0.39, 0.29) is 0 Å². The number of nitrogens with one attached hydrogen (secondary N) is 2. The molecule has 4 nitrogen and oxygen atoms in total. The van der Waals surface area contributed by atoms with Crippen molar-refractivity contribution in [2.75, 3.05) is 37.4 Å². The van der Waals surface area contributed by atoms with Gasteiger partial charge in [-0.2, -0.15) is 0 Å². The van der Waals surface area contributed by atoms with Crippen LogP contribution in [0, 0.1) is 0 Å². The van der Waals surface area contributed by atoms with Crippen molar-refractivity contribution in [2.24, 2.45) is 0 Å². The Labute approximate surface area is 151 Å². The number of rotatable bonds is 12. The second kappa shape index (κ2) is 11.2. The standard InChI is InChI=1S/C21H30N2O2/c1-3-4-5-6-17-25-21-13-9-19(10-14-21)23-16-15-22-18-7-11-20(24-2)12-8-18/h7-14,22-23H,3-6,15-17H2,1-2H3. The van der Waals surface area contributed by atoms with Gasteiger partial charge in [-0.1, -0.05) is 26.2 Å². The maximum absolute atomic E-state index is 5.76. The van der Waals surface area contributed by atoms with Gasteiger partial charge in [-0.3, -0.25) is 0 Å². The highest BCUT2D eigenvalue weighted by Gasteiger charge is 1.97. The third kappa shape index (κ3) is 7.38. The SMILES string of the molecule is CCCCCCOc1ccc(NCCNc2ccc(OC)cc2)cc1. The lowest BCUT2D eigenvalue weighted by Gasteiger charge is -2.10. The van der Waals surface area contributed by atoms with Crippen molar-refractivity contribution in [3.8, 4) is 11.5 Å². The summed E-state index contributed by atoms with van der Waals surface area (Å²) in [6, 6.07) is 16.1. The molecule has 0 spiro atoms. The van der Waals surface area contributed by atoms with E-state index in [1.807, 2.05) is 36.4 Å². The number of unbranched alkanes of at least 4 members (excludes halogenated alkanes) is 3. The van der Waals surface area contributed by atoms with Crippen molar-refractivity contribution in [1.82, 2.24) is 0 Å². The lowest BCUT2D eigenvalue weighted by Crippen LogP contribution is -2.13. The second-order valence-electron chi connectivity index (χ2n) is 6.02. The molecule has 136 valence electrons. The van der Waals surface area contributed by atoms with Gasteiger partial charge in [0.1, 0.15) is 11.5 Å². The minimum Gasteiger partial charge on any atom is -0.497 e. The smallest absolute Gasteiger partial charge is 0.119 e. The first-order valence-electron chi connectivity index (χ1n) is 9.16. The van der Waals surface area contributed by atoms with Crippen molar-refractivity contribution in [3.05, 3.63) is 48.5 Å². The van der Waals surface area contributed by atoms with Crippen LogP contribution in [0.1, 0.15) is 32.6 Å². The van der Waals surface area contributed by atoms with Gasteiger partial charge < -0.3 is 20.1 Å². The minimum absolute atomic E-state index is 0.804. The zero-order chi connectivity index (χ0) is 17.7. The highest BCUT2D eigenvalue weighted by molar-refractivity contribution is 5.48. The molecule has 4 heteroatoms. The van der Waals surface area contributed by atoms with Gasteiger partial charge >= 0.3 is 0 Å². The van der Waals surface area contributed by atoms with Crippen LogP contribution in [-0.2, 0) is 0 Å². The molecule has 0 unspecified atom stereocenters. The van der Waals surface area contributed by atoms with Crippen LogP contribution in [0.25, 0.3) is 0 Å². The topological polar surface area (TPSA) is 42.5 Å². The van der Waals surface area contributed by atoms with Gasteiger partial charge in [-0.15, -0.1) is 0 Å². The average molecular weight is 342 g/mol. The van der Waals surface area contributed by atoms with Crippen LogP contribution < -0.4 is 20.1 Å². The monoisotopic (exact) mass is 342 g/mol. The minimum atomic E-state index is 0.804. The van der Waals surface area contributed by atoms with E-state index in [1.165, 1.54) is 19.3 Å².